The van der Waals surface area contributed by atoms with Crippen LogP contribution in [-0.2, 0) is 0 Å². The van der Waals surface area contributed by atoms with Crippen LogP contribution < -0.4 is 0 Å². The number of nitrogens with zero attached hydrogens (tertiary/aromatic N) is 2. The average Bonchev–Trinajstić information content (AvgIpc) is 2.16. The van der Waals surface area contributed by atoms with E-state index in [0.717, 1.165) is 0 Å². The largest absolute Gasteiger partial charge is 0.400 e. The van der Waals surface area contributed by atoms with E-state index >= 15 is 0 Å². The van der Waals surface area contributed by atoms with Crippen molar-refractivity contribution in [3.63, 3.8) is 0 Å². The van der Waals surface area contributed by atoms with E-state index in [9.17, 15) is 35.1 Å². The van der Waals surface area contributed by atoms with Gasteiger partial charge in [-0.25, -0.2) is 0 Å². The summed E-state index contributed by atoms with van der Waals surface area (Å²) >= 11 is 0. The summed E-state index contributed by atoms with van der Waals surface area (Å²) in [6, 6.07) is -0.439. The number of aliphatic imine (C=N–C) groups is 1. The van der Waals surface area contributed by atoms with E-state index < -0.39 is 36.0 Å². The van der Waals surface area contributed by atoms with Crippen LogP contribution in [0.2, 0.25) is 0 Å². The van der Waals surface area contributed by atoms with Crippen molar-refractivity contribution in [1.29, 1.82) is 5.26 Å². The fraction of sp³-hybridized carbons (Fsp3) is 0.714. The van der Waals surface area contributed by atoms with Crippen molar-refractivity contribution in [2.45, 2.75) is 23.7 Å². The zero-order valence-electron chi connectivity index (χ0n) is 8.00. The first-order valence-electron chi connectivity index (χ1n) is 3.73. The summed E-state index contributed by atoms with van der Waals surface area (Å²) in [5.41, 5.74) is 0. The molecule has 0 amide bonds. The van der Waals surface area contributed by atoms with Crippen LogP contribution in [-0.4, -0.2) is 37.0 Å². The summed E-state index contributed by atoms with van der Waals surface area (Å²) in [6.07, 6.45) is -0.894. The zero-order valence-corrected chi connectivity index (χ0v) is 8.00. The summed E-state index contributed by atoms with van der Waals surface area (Å²) in [5.74, 6) is -24.6. The normalized spacial score (nSPS) is 15.1. The van der Waals surface area contributed by atoms with E-state index in [1.807, 2.05) is 0 Å². The van der Waals surface area contributed by atoms with Gasteiger partial charge in [-0.3, -0.25) is 4.99 Å². The van der Waals surface area contributed by atoms with Crippen molar-refractivity contribution in [2.75, 3.05) is 7.05 Å². The van der Waals surface area contributed by atoms with Crippen LogP contribution in [0.3, 0.4) is 0 Å². The smallest absolute Gasteiger partial charge is 0.294 e. The lowest BCUT2D eigenvalue weighted by Crippen LogP contribution is -2.62. The first-order valence-corrected chi connectivity index (χ1v) is 3.73. The minimum absolute atomic E-state index is 0.439. The molecule has 98 valence electrons. The van der Waals surface area contributed by atoms with E-state index in [-0.39, 0.29) is 0 Å². The Morgan fingerprint density at radius 3 is 1.65 bits per heavy atom. The molecule has 0 saturated heterocycles. The Morgan fingerprint density at radius 1 is 0.941 bits per heavy atom. The number of halogens is 8. The third-order valence-corrected chi connectivity index (χ3v) is 1.64. The molecule has 0 aliphatic heterocycles. The summed E-state index contributed by atoms with van der Waals surface area (Å²) in [6.45, 7) is 0. The van der Waals surface area contributed by atoms with Gasteiger partial charge in [0.05, 0.1) is 6.21 Å². The third-order valence-electron chi connectivity index (χ3n) is 1.64. The van der Waals surface area contributed by atoms with E-state index in [4.69, 9.17) is 5.26 Å². The van der Waals surface area contributed by atoms with Gasteiger partial charge in [-0.2, -0.15) is 40.4 Å². The van der Waals surface area contributed by atoms with Gasteiger partial charge in [-0.1, -0.05) is 0 Å². The summed E-state index contributed by atoms with van der Waals surface area (Å²) in [5, 5.41) is 7.60. The molecule has 0 bridgehead atoms. The molecule has 10 heteroatoms. The SMILES string of the molecule is CN=CC(F)(F)C(F)(F)C(F)(F)C(F)(F)C#N. The van der Waals surface area contributed by atoms with Crippen LogP contribution in [0.15, 0.2) is 4.99 Å². The van der Waals surface area contributed by atoms with Gasteiger partial charge in [-0.05, 0) is 0 Å². The van der Waals surface area contributed by atoms with Crippen molar-refractivity contribution >= 4 is 6.21 Å². The van der Waals surface area contributed by atoms with Gasteiger partial charge in [0.2, 0.25) is 0 Å². The van der Waals surface area contributed by atoms with Crippen LogP contribution in [0.25, 0.3) is 0 Å². The molecule has 0 radical (unpaired) electrons. The molecule has 0 aromatic heterocycles. The van der Waals surface area contributed by atoms with Crippen LogP contribution in [0.4, 0.5) is 35.1 Å². The van der Waals surface area contributed by atoms with Gasteiger partial charge in [0.1, 0.15) is 6.07 Å². The number of hydrogen-bond acceptors (Lipinski definition) is 2. The maximum atomic E-state index is 12.6. The quantitative estimate of drug-likeness (QED) is 0.570. The van der Waals surface area contributed by atoms with Crippen LogP contribution >= 0.6 is 0 Å². The highest BCUT2D eigenvalue weighted by Gasteiger charge is 2.80. The van der Waals surface area contributed by atoms with Gasteiger partial charge in [0.15, 0.2) is 0 Å². The molecule has 0 aromatic rings. The van der Waals surface area contributed by atoms with Gasteiger partial charge < -0.3 is 0 Å². The lowest BCUT2D eigenvalue weighted by atomic mass is 10.00. The number of nitriles is 1. The molecular weight excluding hydrogens is 264 g/mol. The standard InChI is InChI=1S/C7H4F8N2/c1-17-3-5(10,11)7(14,15)6(12,13)4(8,9)2-16/h3H,1H3. The summed E-state index contributed by atoms with van der Waals surface area (Å²) < 4.78 is 99.9. The van der Waals surface area contributed by atoms with Crippen LogP contribution in [0.1, 0.15) is 0 Å². The molecule has 0 unspecified atom stereocenters. The predicted molar refractivity (Wildman–Crippen MR) is 39.8 cm³/mol. The second kappa shape index (κ2) is 4.12. The van der Waals surface area contributed by atoms with Crippen molar-refractivity contribution in [3.05, 3.63) is 0 Å². The fourth-order valence-electron chi connectivity index (χ4n) is 0.720. The Bertz CT molecular complexity index is 353. The molecule has 2 nitrogen and oxygen atoms in total. The van der Waals surface area contributed by atoms with Crippen LogP contribution in [0.5, 0.6) is 0 Å². The van der Waals surface area contributed by atoms with Gasteiger partial charge >= 0.3 is 23.7 Å². The maximum absolute atomic E-state index is 12.6. The molecule has 0 N–H and O–H groups in total. The Labute approximate surface area is 89.5 Å². The fourth-order valence-corrected chi connectivity index (χ4v) is 0.720. The molecule has 0 heterocycles. The minimum atomic E-state index is -6.54. The molecule has 0 fully saturated rings. The lowest BCUT2D eigenvalue weighted by molar-refractivity contribution is -0.336. The minimum Gasteiger partial charge on any atom is -0.294 e. The highest BCUT2D eigenvalue weighted by atomic mass is 19.4. The lowest BCUT2D eigenvalue weighted by Gasteiger charge is -2.32. The topological polar surface area (TPSA) is 36.1 Å². The number of hydrogen-bond donors (Lipinski definition) is 0. The Morgan fingerprint density at radius 2 is 1.35 bits per heavy atom. The van der Waals surface area contributed by atoms with Crippen molar-refractivity contribution in [2.24, 2.45) is 4.99 Å². The molecule has 0 aliphatic carbocycles. The molecule has 0 aromatic carbocycles. The Balaban J connectivity index is 5.70. The van der Waals surface area contributed by atoms with Gasteiger partial charge in [0.25, 0.3) is 0 Å². The van der Waals surface area contributed by atoms with E-state index in [1.165, 1.54) is 0 Å². The second-order valence-corrected chi connectivity index (χ2v) is 2.85. The number of alkyl halides is 8. The molecular formula is C7H4F8N2. The predicted octanol–water partition coefficient (Wildman–Crippen LogP) is 2.75. The highest BCUT2D eigenvalue weighted by molar-refractivity contribution is 5.68. The monoisotopic (exact) mass is 268 g/mol. The van der Waals surface area contributed by atoms with Crippen molar-refractivity contribution in [3.8, 4) is 6.07 Å². The molecule has 17 heavy (non-hydrogen) atoms. The molecule has 0 atom stereocenters. The zero-order chi connectivity index (χ0) is 14.1. The van der Waals surface area contributed by atoms with E-state index in [0.29, 0.717) is 7.05 Å². The third kappa shape index (κ3) is 2.18. The molecule has 0 rings (SSSR count). The highest BCUT2D eigenvalue weighted by Crippen LogP contribution is 2.51. The molecule has 0 spiro atoms. The van der Waals surface area contributed by atoms with Crippen LogP contribution in [0, 0.1) is 11.3 Å². The van der Waals surface area contributed by atoms with Gasteiger partial charge in [-0.15, -0.1) is 0 Å². The van der Waals surface area contributed by atoms with E-state index in [1.54, 1.807) is 0 Å². The second-order valence-electron chi connectivity index (χ2n) is 2.85. The van der Waals surface area contributed by atoms with E-state index in [2.05, 4.69) is 4.99 Å². The van der Waals surface area contributed by atoms with Gasteiger partial charge in [0, 0.05) is 7.05 Å². The summed E-state index contributed by atoms with van der Waals surface area (Å²) in [7, 11) is 0.560. The first-order chi connectivity index (χ1) is 7.37. The Hall–Kier alpha value is -1.40. The number of rotatable bonds is 4. The summed E-state index contributed by atoms with van der Waals surface area (Å²) in [4.78, 5) is 2.38. The average molecular weight is 268 g/mol. The van der Waals surface area contributed by atoms with Crippen molar-refractivity contribution in [1.82, 2.24) is 0 Å². The maximum Gasteiger partial charge on any atom is 0.400 e. The molecule has 0 aliphatic rings. The van der Waals surface area contributed by atoms with Crippen molar-refractivity contribution < 1.29 is 35.1 Å². The molecule has 0 saturated carbocycles. The first kappa shape index (κ1) is 15.6. The Kier molecular flexibility index (Phi) is 3.78.